The van der Waals surface area contributed by atoms with E-state index >= 15 is 0 Å². The van der Waals surface area contributed by atoms with Crippen LogP contribution in [0.2, 0.25) is 18.1 Å². The summed E-state index contributed by atoms with van der Waals surface area (Å²) in [4.78, 5) is 0. The van der Waals surface area contributed by atoms with Gasteiger partial charge in [0.25, 0.3) is 0 Å². The van der Waals surface area contributed by atoms with Crippen LogP contribution in [-0.4, -0.2) is 45.0 Å². The molecule has 5 nitrogen and oxygen atoms in total. The first-order chi connectivity index (χ1) is 12.6. The zero-order valence-corrected chi connectivity index (χ0v) is 17.9. The minimum Gasteiger partial charge on any atom is -0.454 e. The minimum atomic E-state index is -1.85. The molecule has 2 heterocycles. The number of nitrogens with one attached hydrogen (secondary N) is 1. The molecule has 27 heavy (non-hydrogen) atoms. The lowest BCUT2D eigenvalue weighted by Crippen LogP contribution is -2.51. The summed E-state index contributed by atoms with van der Waals surface area (Å²) in [5, 5.41) is 14.6. The lowest BCUT2D eigenvalue weighted by molar-refractivity contribution is 0.114. The second-order valence-corrected chi connectivity index (χ2v) is 14.2. The van der Waals surface area contributed by atoms with Crippen LogP contribution < -0.4 is 14.8 Å². The van der Waals surface area contributed by atoms with Crippen LogP contribution in [0.15, 0.2) is 30.4 Å². The molecule has 2 N–H and O–H groups in total. The van der Waals surface area contributed by atoms with Crippen LogP contribution in [0, 0.1) is 0 Å². The largest absolute Gasteiger partial charge is 0.454 e. The molecule has 3 aliphatic rings. The van der Waals surface area contributed by atoms with Gasteiger partial charge in [-0.05, 0) is 42.2 Å². The maximum atomic E-state index is 10.9. The average molecular weight is 390 g/mol. The molecule has 0 radical (unpaired) electrons. The Kier molecular flexibility index (Phi) is 4.46. The molecular weight excluding hydrogens is 358 g/mol. The Morgan fingerprint density at radius 2 is 1.96 bits per heavy atom. The van der Waals surface area contributed by atoms with Crippen molar-refractivity contribution in [3.63, 3.8) is 0 Å². The zero-order valence-electron chi connectivity index (χ0n) is 16.9. The van der Waals surface area contributed by atoms with E-state index in [1.54, 1.807) is 0 Å². The van der Waals surface area contributed by atoms with Gasteiger partial charge in [-0.2, -0.15) is 0 Å². The Balaban J connectivity index is 1.65. The summed E-state index contributed by atoms with van der Waals surface area (Å²) < 4.78 is 17.6. The van der Waals surface area contributed by atoms with Crippen molar-refractivity contribution in [3.8, 4) is 11.5 Å². The van der Waals surface area contributed by atoms with Crippen LogP contribution in [0.3, 0.4) is 0 Å². The van der Waals surface area contributed by atoms with Gasteiger partial charge in [0.2, 0.25) is 6.79 Å². The van der Waals surface area contributed by atoms with Gasteiger partial charge in [-0.1, -0.05) is 39.0 Å². The van der Waals surface area contributed by atoms with E-state index < -0.39 is 19.8 Å². The van der Waals surface area contributed by atoms with E-state index in [1.807, 2.05) is 12.1 Å². The zero-order chi connectivity index (χ0) is 19.4. The standard InChI is InChI=1S/C21H31NO4Si/c1-20(2,3)27(4,5)26-15-8-9-21(18(11-15)22-12-19(21)23)14-6-7-16-17(10-14)25-13-24-16/h6-10,15,18-19,22-23H,11-13H2,1-5H3/t15-,18-,19-,21-/m0/s1. The van der Waals surface area contributed by atoms with E-state index in [-0.39, 0.29) is 24.0 Å². The molecular formula is C21H31NO4Si. The number of rotatable bonds is 3. The normalized spacial score (nSPS) is 32.6. The first kappa shape index (κ1) is 19.0. The number of hydrogen-bond acceptors (Lipinski definition) is 5. The fourth-order valence-corrected chi connectivity index (χ4v) is 5.49. The molecule has 0 saturated carbocycles. The van der Waals surface area contributed by atoms with E-state index in [0.717, 1.165) is 23.5 Å². The quantitative estimate of drug-likeness (QED) is 0.613. The molecule has 0 bridgehead atoms. The van der Waals surface area contributed by atoms with Gasteiger partial charge in [0.1, 0.15) is 0 Å². The van der Waals surface area contributed by atoms with Crippen molar-refractivity contribution < 1.29 is 19.0 Å². The van der Waals surface area contributed by atoms with Crippen molar-refractivity contribution >= 4 is 8.32 Å². The van der Waals surface area contributed by atoms with Crippen molar-refractivity contribution in [1.29, 1.82) is 0 Å². The van der Waals surface area contributed by atoms with E-state index in [9.17, 15) is 5.11 Å². The van der Waals surface area contributed by atoms with E-state index in [2.05, 4.69) is 57.4 Å². The van der Waals surface area contributed by atoms with Gasteiger partial charge in [-0.3, -0.25) is 0 Å². The van der Waals surface area contributed by atoms with Gasteiger partial charge < -0.3 is 24.3 Å². The van der Waals surface area contributed by atoms with Crippen LogP contribution in [0.25, 0.3) is 0 Å². The fourth-order valence-electron chi connectivity index (χ4n) is 4.21. The number of aliphatic hydroxyl groups is 1. The number of ether oxygens (including phenoxy) is 2. The maximum absolute atomic E-state index is 10.9. The van der Waals surface area contributed by atoms with Gasteiger partial charge >= 0.3 is 0 Å². The molecule has 1 aromatic carbocycles. The summed E-state index contributed by atoms with van der Waals surface area (Å²) in [5.74, 6) is 1.53. The highest BCUT2D eigenvalue weighted by molar-refractivity contribution is 6.74. The fraction of sp³-hybridized carbons (Fsp3) is 0.619. The molecule has 6 heteroatoms. The minimum absolute atomic E-state index is 0.0795. The lowest BCUT2D eigenvalue weighted by Gasteiger charge is -2.44. The van der Waals surface area contributed by atoms with Crippen LogP contribution >= 0.6 is 0 Å². The van der Waals surface area contributed by atoms with Crippen molar-refractivity contribution in [3.05, 3.63) is 35.9 Å². The second-order valence-electron chi connectivity index (χ2n) is 9.49. The molecule has 0 amide bonds. The number of β-amino-alcohol motifs (C(OH)–C–C–N with tert-alkyl or cyclic N) is 1. The van der Waals surface area contributed by atoms with Crippen LogP contribution in [-0.2, 0) is 9.84 Å². The SMILES string of the molecule is CC(C)(C)[Si](C)(C)O[C@H]1C=C[C@]2(c3ccc4c(c3)OCO4)[C@H](C1)NC[C@@H]2O. The van der Waals surface area contributed by atoms with Crippen molar-refractivity contribution in [2.75, 3.05) is 13.3 Å². The molecule has 1 fully saturated rings. The molecule has 148 valence electrons. The second kappa shape index (κ2) is 6.34. The Labute approximate surface area is 162 Å². The van der Waals surface area contributed by atoms with Gasteiger partial charge in [0, 0.05) is 12.6 Å². The number of benzene rings is 1. The Morgan fingerprint density at radius 3 is 2.70 bits per heavy atom. The number of hydrogen-bond donors (Lipinski definition) is 2. The first-order valence-corrected chi connectivity index (χ1v) is 12.7. The molecule has 2 aliphatic heterocycles. The van der Waals surface area contributed by atoms with Crippen molar-refractivity contribution in [1.82, 2.24) is 5.32 Å². The maximum Gasteiger partial charge on any atom is 0.231 e. The topological polar surface area (TPSA) is 60.0 Å². The van der Waals surface area contributed by atoms with E-state index in [4.69, 9.17) is 13.9 Å². The van der Waals surface area contributed by atoms with Gasteiger partial charge in [0.05, 0.1) is 17.6 Å². The lowest BCUT2D eigenvalue weighted by atomic mass is 9.68. The highest BCUT2D eigenvalue weighted by Crippen LogP contribution is 2.46. The average Bonchev–Trinajstić information content (AvgIpc) is 3.18. The Bertz CT molecular complexity index is 757. The van der Waals surface area contributed by atoms with E-state index in [0.29, 0.717) is 6.54 Å². The summed E-state index contributed by atoms with van der Waals surface area (Å²) >= 11 is 0. The van der Waals surface area contributed by atoms with E-state index in [1.165, 1.54) is 0 Å². The highest BCUT2D eigenvalue weighted by atomic mass is 28.4. The van der Waals surface area contributed by atoms with Gasteiger partial charge in [-0.15, -0.1) is 0 Å². The molecule has 4 rings (SSSR count). The molecule has 1 saturated heterocycles. The molecule has 4 atom stereocenters. The predicted octanol–water partition coefficient (Wildman–Crippen LogP) is 3.34. The summed E-state index contributed by atoms with van der Waals surface area (Å²) in [6, 6.07) is 6.15. The third-order valence-corrected chi connectivity index (χ3v) is 11.4. The van der Waals surface area contributed by atoms with Crippen LogP contribution in [0.5, 0.6) is 11.5 Å². The molecule has 1 aromatic rings. The Morgan fingerprint density at radius 1 is 1.22 bits per heavy atom. The third-order valence-electron chi connectivity index (χ3n) is 6.87. The highest BCUT2D eigenvalue weighted by Gasteiger charge is 2.52. The predicted molar refractivity (Wildman–Crippen MR) is 108 cm³/mol. The summed E-state index contributed by atoms with van der Waals surface area (Å²) in [7, 11) is -1.85. The van der Waals surface area contributed by atoms with Crippen molar-refractivity contribution in [2.45, 2.75) is 69.0 Å². The summed E-state index contributed by atoms with van der Waals surface area (Å²) in [5.41, 5.74) is 0.616. The molecule has 0 aromatic heterocycles. The first-order valence-electron chi connectivity index (χ1n) is 9.82. The molecule has 1 aliphatic carbocycles. The monoisotopic (exact) mass is 389 g/mol. The number of fused-ring (bicyclic) bond motifs is 2. The number of aliphatic hydroxyl groups excluding tert-OH is 1. The van der Waals surface area contributed by atoms with Crippen LogP contribution in [0.4, 0.5) is 0 Å². The van der Waals surface area contributed by atoms with Gasteiger partial charge in [-0.25, -0.2) is 0 Å². The molecule has 0 unspecified atom stereocenters. The summed E-state index contributed by atoms with van der Waals surface area (Å²) in [6.07, 6.45) is 4.79. The summed E-state index contributed by atoms with van der Waals surface area (Å²) in [6.45, 7) is 12.2. The Hall–Kier alpha value is -1.34. The smallest absolute Gasteiger partial charge is 0.231 e. The van der Waals surface area contributed by atoms with Crippen molar-refractivity contribution in [2.24, 2.45) is 0 Å². The molecule has 0 spiro atoms. The van der Waals surface area contributed by atoms with Gasteiger partial charge in [0.15, 0.2) is 19.8 Å². The third kappa shape index (κ3) is 3.03. The van der Waals surface area contributed by atoms with Crippen LogP contribution in [0.1, 0.15) is 32.8 Å².